The summed E-state index contributed by atoms with van der Waals surface area (Å²) < 4.78 is 3.20. The van der Waals surface area contributed by atoms with Crippen LogP contribution in [0.1, 0.15) is 335 Å². The Morgan fingerprint density at radius 1 is 0.507 bits per heavy atom. The molecule has 408 valence electrons. The zero-order valence-corrected chi connectivity index (χ0v) is 50.4. The predicted octanol–water partition coefficient (Wildman–Crippen LogP) is 23.4. The molecular weight excluding hydrogens is 871 g/mol. The molecule has 0 spiro atoms. The number of nitrogens with zero attached hydrogens (tertiary/aromatic N) is 1. The third kappa shape index (κ3) is 19.4. The van der Waals surface area contributed by atoms with E-state index in [9.17, 15) is 0 Å². The first-order chi connectivity index (χ1) is 34.6. The summed E-state index contributed by atoms with van der Waals surface area (Å²) in [4.78, 5) is 0. The standard InChI is InChI=1S/C69H123NSi/c1-9-11-13-15-17-19-21-23-25-27-29-31-33-35-37-39-41-48-54-69(55-49-42-40-38-36-34-32-30-28-26-24-22-20-18-16-14-12-10-2)65-53-47-46-52-62(65)64-58-63-60(57-66(64)69)56-59(3)67(63)71(7,8)70(68(4,5)6)61-50-44-43-45-51-61/h46-47,52-53,57-61,63,67H,9-45,48-51,54-56H2,1-8H3. The van der Waals surface area contributed by atoms with Crippen molar-refractivity contribution in [2.24, 2.45) is 17.8 Å². The molecule has 0 amide bonds. The van der Waals surface area contributed by atoms with Gasteiger partial charge in [0.05, 0.1) is 0 Å². The van der Waals surface area contributed by atoms with Gasteiger partial charge < -0.3 is 4.57 Å². The summed E-state index contributed by atoms with van der Waals surface area (Å²) in [5.41, 5.74) is 8.08. The van der Waals surface area contributed by atoms with E-state index < -0.39 is 8.24 Å². The SMILES string of the molecule is CCCCCCCCCCCCCCCCCCCCC1(CCCCCCCCCCCCCCCCCCCC)C2=CC3CC(C)C([Si](C)(C)N(C4CCCCC4)C(C)(C)C)C3C=C2c2ccccc21. The Balaban J connectivity index is 1.14. The maximum atomic E-state index is 3.20. The average molecular weight is 995 g/mol. The molecule has 2 fully saturated rings. The molecular formula is C69H123NSi. The fourth-order valence-electron chi connectivity index (χ4n) is 16.2. The fraction of sp³-hybridized carbons (Fsp3) is 0.855. The Kier molecular flexibility index (Phi) is 28.9. The molecule has 2 saturated carbocycles. The molecule has 4 unspecified atom stereocenters. The number of allylic oxidation sites excluding steroid dienone is 4. The Morgan fingerprint density at radius 2 is 0.887 bits per heavy atom. The van der Waals surface area contributed by atoms with Crippen LogP contribution in [0, 0.1) is 17.8 Å². The summed E-state index contributed by atoms with van der Waals surface area (Å²) in [6.07, 6.45) is 69.5. The van der Waals surface area contributed by atoms with Crippen LogP contribution < -0.4 is 0 Å². The normalized spacial score (nSPS) is 21.1. The van der Waals surface area contributed by atoms with Gasteiger partial charge in [0.2, 0.25) is 0 Å². The topological polar surface area (TPSA) is 3.24 Å². The van der Waals surface area contributed by atoms with Crippen molar-refractivity contribution in [3.63, 3.8) is 0 Å². The zero-order chi connectivity index (χ0) is 50.6. The quantitative estimate of drug-likeness (QED) is 0.0467. The third-order valence-corrected chi connectivity index (χ3v) is 24.3. The lowest BCUT2D eigenvalue weighted by molar-refractivity contribution is 0.139. The van der Waals surface area contributed by atoms with Crippen LogP contribution in [0.3, 0.4) is 0 Å². The van der Waals surface area contributed by atoms with Gasteiger partial charge in [0.1, 0.15) is 8.24 Å². The first-order valence-corrected chi connectivity index (χ1v) is 35.9. The van der Waals surface area contributed by atoms with Crippen LogP contribution in [0.5, 0.6) is 0 Å². The van der Waals surface area contributed by atoms with E-state index in [1.807, 2.05) is 0 Å². The molecule has 4 aliphatic carbocycles. The maximum absolute atomic E-state index is 3.20. The molecule has 0 bridgehead atoms. The smallest absolute Gasteiger partial charge is 0.127 e. The summed E-state index contributed by atoms with van der Waals surface area (Å²) >= 11 is 0. The largest absolute Gasteiger partial charge is 0.316 e. The van der Waals surface area contributed by atoms with Crippen molar-refractivity contribution < 1.29 is 0 Å². The second-order valence-corrected chi connectivity index (χ2v) is 31.2. The number of hydrogen-bond donors (Lipinski definition) is 0. The van der Waals surface area contributed by atoms with Gasteiger partial charge in [-0.25, -0.2) is 0 Å². The van der Waals surface area contributed by atoms with Gasteiger partial charge in [-0.05, 0) is 98.4 Å². The minimum Gasteiger partial charge on any atom is -0.316 e. The van der Waals surface area contributed by atoms with Crippen LogP contribution in [0.25, 0.3) is 5.57 Å². The van der Waals surface area contributed by atoms with E-state index in [4.69, 9.17) is 0 Å². The molecule has 0 N–H and O–H groups in total. The van der Waals surface area contributed by atoms with Gasteiger partial charge in [0.25, 0.3) is 0 Å². The van der Waals surface area contributed by atoms with Crippen molar-refractivity contribution in [1.82, 2.24) is 4.57 Å². The summed E-state index contributed by atoms with van der Waals surface area (Å²) in [5.74, 6) is 2.20. The lowest BCUT2D eigenvalue weighted by Gasteiger charge is -2.56. The van der Waals surface area contributed by atoms with Crippen LogP contribution in [0.15, 0.2) is 42.0 Å². The highest BCUT2D eigenvalue weighted by atomic mass is 28.3. The monoisotopic (exact) mass is 994 g/mol. The van der Waals surface area contributed by atoms with Gasteiger partial charge in [-0.15, -0.1) is 0 Å². The van der Waals surface area contributed by atoms with E-state index in [2.05, 4.69) is 95.6 Å². The molecule has 1 aromatic carbocycles. The summed E-state index contributed by atoms with van der Waals surface area (Å²) in [7, 11) is -1.82. The highest BCUT2D eigenvalue weighted by Crippen LogP contribution is 2.63. The first-order valence-electron chi connectivity index (χ1n) is 32.9. The fourth-order valence-corrected chi connectivity index (χ4v) is 22.2. The van der Waals surface area contributed by atoms with Crippen molar-refractivity contribution in [2.45, 2.75) is 360 Å². The number of benzene rings is 1. The molecule has 1 nitrogen and oxygen atoms in total. The van der Waals surface area contributed by atoms with Gasteiger partial charge in [0, 0.05) is 17.0 Å². The highest BCUT2D eigenvalue weighted by Gasteiger charge is 2.56. The van der Waals surface area contributed by atoms with Crippen LogP contribution in [-0.2, 0) is 5.41 Å². The van der Waals surface area contributed by atoms with Gasteiger partial charge in [-0.1, -0.05) is 321 Å². The Morgan fingerprint density at radius 3 is 1.28 bits per heavy atom. The molecule has 1 aromatic rings. The molecule has 0 aromatic heterocycles. The number of hydrogen-bond acceptors (Lipinski definition) is 1. The zero-order valence-electron chi connectivity index (χ0n) is 49.4. The summed E-state index contributed by atoms with van der Waals surface area (Å²) in [6.45, 7) is 20.7. The van der Waals surface area contributed by atoms with Crippen molar-refractivity contribution in [1.29, 1.82) is 0 Å². The number of unbranched alkanes of at least 4 members (excludes halogenated alkanes) is 34. The Labute approximate surface area is 446 Å². The van der Waals surface area contributed by atoms with E-state index in [1.165, 1.54) is 283 Å². The Bertz CT molecular complexity index is 1550. The lowest BCUT2D eigenvalue weighted by Crippen LogP contribution is -2.65. The summed E-state index contributed by atoms with van der Waals surface area (Å²) in [6, 6.07) is 10.7. The predicted molar refractivity (Wildman–Crippen MR) is 321 cm³/mol. The van der Waals surface area contributed by atoms with Gasteiger partial charge >= 0.3 is 0 Å². The second-order valence-electron chi connectivity index (χ2n) is 26.8. The third-order valence-electron chi connectivity index (χ3n) is 19.5. The van der Waals surface area contributed by atoms with Crippen LogP contribution >= 0.6 is 0 Å². The molecule has 0 radical (unpaired) electrons. The molecule has 2 heteroatoms. The van der Waals surface area contributed by atoms with Crippen molar-refractivity contribution >= 4 is 13.8 Å². The van der Waals surface area contributed by atoms with E-state index >= 15 is 0 Å². The first kappa shape index (κ1) is 60.7. The van der Waals surface area contributed by atoms with E-state index in [0.717, 1.165) is 17.5 Å². The molecule has 0 heterocycles. The van der Waals surface area contributed by atoms with Crippen LogP contribution in [0.4, 0.5) is 0 Å². The van der Waals surface area contributed by atoms with Crippen molar-refractivity contribution in [3.05, 3.63) is 53.1 Å². The molecule has 5 rings (SSSR count). The van der Waals surface area contributed by atoms with Crippen LogP contribution in [0.2, 0.25) is 18.6 Å². The van der Waals surface area contributed by atoms with Gasteiger partial charge in [0.15, 0.2) is 0 Å². The van der Waals surface area contributed by atoms with Crippen molar-refractivity contribution in [2.75, 3.05) is 0 Å². The second kappa shape index (κ2) is 33.8. The summed E-state index contributed by atoms with van der Waals surface area (Å²) in [5, 5.41) is 0. The van der Waals surface area contributed by atoms with E-state index in [1.54, 1.807) is 22.3 Å². The highest BCUT2D eigenvalue weighted by molar-refractivity contribution is 6.76. The molecule has 4 aliphatic rings. The van der Waals surface area contributed by atoms with E-state index in [-0.39, 0.29) is 11.0 Å². The molecule has 4 atom stereocenters. The lowest BCUT2D eigenvalue weighted by atomic mass is 9.68. The van der Waals surface area contributed by atoms with E-state index in [0.29, 0.717) is 11.8 Å². The maximum Gasteiger partial charge on any atom is 0.127 e. The Hall–Kier alpha value is -1.12. The van der Waals surface area contributed by atoms with Crippen LogP contribution in [-0.4, -0.2) is 24.4 Å². The minimum atomic E-state index is -1.82. The average Bonchev–Trinajstić information content (AvgIpc) is 3.82. The molecule has 0 saturated heterocycles. The number of rotatable bonds is 41. The van der Waals surface area contributed by atoms with Crippen molar-refractivity contribution in [3.8, 4) is 0 Å². The van der Waals surface area contributed by atoms with Gasteiger partial charge in [-0.3, -0.25) is 0 Å². The molecule has 71 heavy (non-hydrogen) atoms. The van der Waals surface area contributed by atoms with Gasteiger partial charge in [-0.2, -0.15) is 0 Å². The molecule has 0 aliphatic heterocycles. The number of fused-ring (bicyclic) bond motifs is 4. The minimum absolute atomic E-state index is 0.214.